The molecule has 0 saturated carbocycles. The highest BCUT2D eigenvalue weighted by atomic mass is 32.2. The second-order valence-corrected chi connectivity index (χ2v) is 6.72. The molecule has 0 spiro atoms. The van der Waals surface area contributed by atoms with E-state index in [0.717, 1.165) is 35.3 Å². The summed E-state index contributed by atoms with van der Waals surface area (Å²) in [6.45, 7) is 1.67. The molecule has 0 aliphatic carbocycles. The number of amides is 1. The van der Waals surface area contributed by atoms with E-state index >= 15 is 0 Å². The number of amidine groups is 1. The van der Waals surface area contributed by atoms with E-state index in [4.69, 9.17) is 0 Å². The van der Waals surface area contributed by atoms with Gasteiger partial charge in [0.05, 0.1) is 18.7 Å². The maximum atomic E-state index is 12.2. The predicted molar refractivity (Wildman–Crippen MR) is 93.3 cm³/mol. The van der Waals surface area contributed by atoms with Crippen LogP contribution in [-0.2, 0) is 4.79 Å². The van der Waals surface area contributed by atoms with E-state index in [2.05, 4.69) is 25.2 Å². The molecule has 2 aromatic rings. The molecule has 4 heterocycles. The Morgan fingerprint density at radius 3 is 3.17 bits per heavy atom. The molecule has 6 nitrogen and oxygen atoms in total. The van der Waals surface area contributed by atoms with Crippen LogP contribution in [-0.4, -0.2) is 39.0 Å². The standard InChI is InChI=1S/C15H13N5OS2/c21-13(7-10-8-23-15-17-5-6-20(10)15)19-14-18-12(9-22-14)11-3-1-2-4-16-11/h1-4,8-9H,5-7H2,(H,18,19,21). The number of carbonyl (C=O) groups is 1. The van der Waals surface area contributed by atoms with Crippen LogP contribution in [0, 0.1) is 0 Å². The van der Waals surface area contributed by atoms with Crippen molar-refractivity contribution in [3.8, 4) is 11.4 Å². The highest BCUT2D eigenvalue weighted by Crippen LogP contribution is 2.31. The Bertz CT molecular complexity index is 799. The van der Waals surface area contributed by atoms with Crippen molar-refractivity contribution in [2.24, 2.45) is 4.99 Å². The number of thiazole rings is 1. The third-order valence-electron chi connectivity index (χ3n) is 3.47. The van der Waals surface area contributed by atoms with Gasteiger partial charge in [-0.25, -0.2) is 4.98 Å². The number of nitrogens with one attached hydrogen (secondary N) is 1. The smallest absolute Gasteiger partial charge is 0.232 e. The molecule has 4 rings (SSSR count). The molecule has 2 aliphatic heterocycles. The lowest BCUT2D eigenvalue weighted by Gasteiger charge is -2.15. The third kappa shape index (κ3) is 2.99. The lowest BCUT2D eigenvalue weighted by Crippen LogP contribution is -2.24. The topological polar surface area (TPSA) is 70.5 Å². The summed E-state index contributed by atoms with van der Waals surface area (Å²) in [4.78, 5) is 27.4. The number of aliphatic imine (C=N–C) groups is 1. The van der Waals surface area contributed by atoms with Crippen LogP contribution in [0.5, 0.6) is 0 Å². The van der Waals surface area contributed by atoms with Crippen LogP contribution in [0.1, 0.15) is 6.42 Å². The van der Waals surface area contributed by atoms with Gasteiger partial charge in [-0.05, 0) is 17.5 Å². The van der Waals surface area contributed by atoms with Gasteiger partial charge in [0, 0.05) is 23.8 Å². The molecule has 1 N–H and O–H groups in total. The van der Waals surface area contributed by atoms with E-state index in [9.17, 15) is 4.79 Å². The number of hydrogen-bond acceptors (Lipinski definition) is 7. The van der Waals surface area contributed by atoms with Gasteiger partial charge in [0.2, 0.25) is 5.91 Å². The van der Waals surface area contributed by atoms with Gasteiger partial charge in [-0.1, -0.05) is 17.8 Å². The highest BCUT2D eigenvalue weighted by Gasteiger charge is 2.27. The fourth-order valence-electron chi connectivity index (χ4n) is 2.41. The van der Waals surface area contributed by atoms with Gasteiger partial charge in [0.25, 0.3) is 0 Å². The summed E-state index contributed by atoms with van der Waals surface area (Å²) in [5, 5.41) is 8.35. The number of rotatable bonds is 4. The Balaban J connectivity index is 1.40. The molecular weight excluding hydrogens is 330 g/mol. The van der Waals surface area contributed by atoms with Gasteiger partial charge in [-0.3, -0.25) is 14.8 Å². The largest absolute Gasteiger partial charge is 0.322 e. The molecule has 0 aromatic carbocycles. The van der Waals surface area contributed by atoms with Crippen molar-refractivity contribution in [3.63, 3.8) is 0 Å². The predicted octanol–water partition coefficient (Wildman–Crippen LogP) is 2.79. The molecule has 0 radical (unpaired) electrons. The van der Waals surface area contributed by atoms with Crippen molar-refractivity contribution < 1.29 is 4.79 Å². The van der Waals surface area contributed by atoms with Crippen molar-refractivity contribution in [1.29, 1.82) is 0 Å². The van der Waals surface area contributed by atoms with Gasteiger partial charge in [0.1, 0.15) is 5.69 Å². The van der Waals surface area contributed by atoms with Crippen molar-refractivity contribution in [3.05, 3.63) is 40.9 Å². The Morgan fingerprint density at radius 1 is 1.35 bits per heavy atom. The van der Waals surface area contributed by atoms with E-state index in [-0.39, 0.29) is 5.91 Å². The average Bonchev–Trinajstić information content (AvgIpc) is 3.27. The minimum Gasteiger partial charge on any atom is -0.322 e. The first-order chi connectivity index (χ1) is 11.3. The molecular formula is C15H13N5OS2. The van der Waals surface area contributed by atoms with Gasteiger partial charge in [0.15, 0.2) is 10.3 Å². The van der Waals surface area contributed by atoms with E-state index < -0.39 is 0 Å². The van der Waals surface area contributed by atoms with Crippen LogP contribution >= 0.6 is 23.1 Å². The first-order valence-corrected chi connectivity index (χ1v) is 8.90. The molecule has 8 heteroatoms. The maximum Gasteiger partial charge on any atom is 0.232 e. The van der Waals surface area contributed by atoms with Crippen molar-refractivity contribution in [2.45, 2.75) is 6.42 Å². The van der Waals surface area contributed by atoms with E-state index in [1.165, 1.54) is 11.3 Å². The number of thioether (sulfide) groups is 1. The molecule has 0 atom stereocenters. The molecule has 0 unspecified atom stereocenters. The molecule has 116 valence electrons. The van der Waals surface area contributed by atoms with Crippen LogP contribution in [0.2, 0.25) is 0 Å². The summed E-state index contributed by atoms with van der Waals surface area (Å²) in [5.41, 5.74) is 2.58. The van der Waals surface area contributed by atoms with E-state index in [1.54, 1.807) is 18.0 Å². The summed E-state index contributed by atoms with van der Waals surface area (Å²) in [6, 6.07) is 5.68. The summed E-state index contributed by atoms with van der Waals surface area (Å²) >= 11 is 2.99. The molecule has 0 fully saturated rings. The summed E-state index contributed by atoms with van der Waals surface area (Å²) in [6.07, 6.45) is 2.07. The normalized spacial score (nSPS) is 16.1. The van der Waals surface area contributed by atoms with Gasteiger partial charge in [-0.2, -0.15) is 0 Å². The van der Waals surface area contributed by atoms with Crippen LogP contribution in [0.3, 0.4) is 0 Å². The number of fused-ring (bicyclic) bond motifs is 1. The monoisotopic (exact) mass is 343 g/mol. The molecule has 1 amide bonds. The fourth-order valence-corrected chi connectivity index (χ4v) is 4.08. The summed E-state index contributed by atoms with van der Waals surface area (Å²) in [7, 11) is 0. The van der Waals surface area contributed by atoms with E-state index in [0.29, 0.717) is 11.6 Å². The van der Waals surface area contributed by atoms with Crippen molar-refractivity contribution in [2.75, 3.05) is 18.4 Å². The SMILES string of the molecule is O=C(CC1=CSC2=NCCN12)Nc1nc(-c2ccccn2)cs1. The zero-order valence-electron chi connectivity index (χ0n) is 12.1. The quantitative estimate of drug-likeness (QED) is 0.924. The lowest BCUT2D eigenvalue weighted by atomic mass is 10.3. The van der Waals surface area contributed by atoms with E-state index in [1.807, 2.05) is 29.0 Å². The minimum atomic E-state index is -0.0630. The van der Waals surface area contributed by atoms with Crippen molar-refractivity contribution >= 4 is 39.3 Å². The van der Waals surface area contributed by atoms with Gasteiger partial charge in [-0.15, -0.1) is 11.3 Å². The van der Waals surface area contributed by atoms with Gasteiger partial charge < -0.3 is 10.2 Å². The molecule has 2 aliphatic rings. The first-order valence-electron chi connectivity index (χ1n) is 7.14. The molecule has 0 bridgehead atoms. The number of aromatic nitrogens is 2. The van der Waals surface area contributed by atoms with Crippen LogP contribution in [0.15, 0.2) is 45.9 Å². The third-order valence-corrected chi connectivity index (χ3v) is 5.18. The highest BCUT2D eigenvalue weighted by molar-refractivity contribution is 8.16. The molecule has 0 saturated heterocycles. The van der Waals surface area contributed by atoms with Crippen molar-refractivity contribution in [1.82, 2.24) is 14.9 Å². The van der Waals surface area contributed by atoms with Crippen LogP contribution in [0.4, 0.5) is 5.13 Å². The Labute approximate surface area is 141 Å². The Hall–Kier alpha value is -2.19. The second kappa shape index (κ2) is 6.13. The Kier molecular flexibility index (Phi) is 3.84. The molecule has 23 heavy (non-hydrogen) atoms. The average molecular weight is 343 g/mol. The molecule has 2 aromatic heterocycles. The van der Waals surface area contributed by atoms with Crippen LogP contribution < -0.4 is 5.32 Å². The number of pyridine rings is 1. The maximum absolute atomic E-state index is 12.2. The fraction of sp³-hybridized carbons (Fsp3) is 0.200. The zero-order valence-corrected chi connectivity index (χ0v) is 13.7. The number of hydrogen-bond donors (Lipinski definition) is 1. The summed E-state index contributed by atoms with van der Waals surface area (Å²) in [5.74, 6) is -0.0630. The number of nitrogens with zero attached hydrogens (tertiary/aromatic N) is 4. The minimum absolute atomic E-state index is 0.0630. The second-order valence-electron chi connectivity index (χ2n) is 5.02. The van der Waals surface area contributed by atoms with Crippen LogP contribution in [0.25, 0.3) is 11.4 Å². The number of carbonyl (C=O) groups excluding carboxylic acids is 1. The van der Waals surface area contributed by atoms with Gasteiger partial charge >= 0.3 is 0 Å². The first kappa shape index (κ1) is 14.4. The number of anilines is 1. The zero-order chi connectivity index (χ0) is 15.6. The Morgan fingerprint density at radius 2 is 2.30 bits per heavy atom. The summed E-state index contributed by atoms with van der Waals surface area (Å²) < 4.78 is 0. The lowest BCUT2D eigenvalue weighted by molar-refractivity contribution is -0.115.